The van der Waals surface area contributed by atoms with Crippen LogP contribution < -0.4 is 0 Å². The second kappa shape index (κ2) is 12.3. The fourth-order valence-corrected chi connectivity index (χ4v) is 5.51. The lowest BCUT2D eigenvalue weighted by Gasteiger charge is -2.33. The lowest BCUT2D eigenvalue weighted by atomic mass is 9.83. The summed E-state index contributed by atoms with van der Waals surface area (Å²) in [5.41, 5.74) is 2.05. The largest absolute Gasteiger partial charge is 0.481 e. The number of carbonyl (C=O) groups is 1. The molecule has 0 radical (unpaired) electrons. The summed E-state index contributed by atoms with van der Waals surface area (Å²) in [4.78, 5) is 14.4. The van der Waals surface area contributed by atoms with Crippen molar-refractivity contribution in [1.29, 1.82) is 0 Å². The van der Waals surface area contributed by atoms with Crippen molar-refractivity contribution < 1.29 is 36.2 Å². The van der Waals surface area contributed by atoms with Gasteiger partial charge in [0.15, 0.2) is 0 Å². The number of likely N-dealkylation sites (tertiary alicyclic amines) is 1. The van der Waals surface area contributed by atoms with Crippen molar-refractivity contribution in [3.63, 3.8) is 0 Å². The zero-order valence-corrected chi connectivity index (χ0v) is 22.9. The molecule has 0 spiro atoms. The quantitative estimate of drug-likeness (QED) is 0.272. The lowest BCUT2D eigenvalue weighted by molar-refractivity contribution is -0.139. The minimum absolute atomic E-state index is 0.0276. The Labute approximate surface area is 235 Å². The molecule has 1 saturated heterocycles. The van der Waals surface area contributed by atoms with E-state index in [1.54, 1.807) is 6.07 Å². The van der Waals surface area contributed by atoms with Crippen LogP contribution in [-0.2, 0) is 23.7 Å². The minimum atomic E-state index is -4.46. The molecular weight excluding hydrogens is 544 g/mol. The maximum atomic E-state index is 13.2. The summed E-state index contributed by atoms with van der Waals surface area (Å²) in [5.74, 6) is -1.58. The van der Waals surface area contributed by atoms with Gasteiger partial charge in [0.2, 0.25) is 0 Å². The van der Waals surface area contributed by atoms with E-state index in [4.69, 9.17) is 0 Å². The van der Waals surface area contributed by atoms with Gasteiger partial charge in [-0.3, -0.25) is 9.69 Å². The summed E-state index contributed by atoms with van der Waals surface area (Å²) in [6.07, 6.45) is -6.76. The van der Waals surface area contributed by atoms with Crippen LogP contribution in [0.15, 0.2) is 66.7 Å². The number of carboxylic acids is 1. The van der Waals surface area contributed by atoms with Gasteiger partial charge in [-0.15, -0.1) is 0 Å². The highest BCUT2D eigenvalue weighted by atomic mass is 19.4. The van der Waals surface area contributed by atoms with Crippen LogP contribution in [0.25, 0.3) is 11.1 Å². The zero-order chi connectivity index (χ0) is 29.9. The second-order valence-electron chi connectivity index (χ2n) is 11.3. The summed E-state index contributed by atoms with van der Waals surface area (Å²) in [6.45, 7) is 5.76. The number of aliphatic carboxylic acids is 1. The van der Waals surface area contributed by atoms with E-state index >= 15 is 0 Å². The molecule has 1 fully saturated rings. The number of piperidine rings is 1. The van der Waals surface area contributed by atoms with Crippen LogP contribution >= 0.6 is 0 Å². The predicted octanol–water partition coefficient (Wildman–Crippen LogP) is 8.99. The van der Waals surface area contributed by atoms with E-state index in [0.29, 0.717) is 36.2 Å². The van der Waals surface area contributed by atoms with E-state index in [1.807, 2.05) is 26.0 Å². The second-order valence-corrected chi connectivity index (χ2v) is 11.3. The van der Waals surface area contributed by atoms with Gasteiger partial charge in [-0.05, 0) is 89.7 Å². The number of halogens is 6. The van der Waals surface area contributed by atoms with Crippen molar-refractivity contribution in [3.05, 3.63) is 94.5 Å². The van der Waals surface area contributed by atoms with Crippen LogP contribution in [-0.4, -0.2) is 29.1 Å². The molecule has 220 valence electrons. The molecule has 41 heavy (non-hydrogen) atoms. The van der Waals surface area contributed by atoms with Crippen LogP contribution in [0.4, 0.5) is 26.3 Å². The Morgan fingerprint density at radius 1 is 0.878 bits per heavy atom. The molecule has 0 amide bonds. The van der Waals surface area contributed by atoms with Crippen LogP contribution in [0.3, 0.4) is 0 Å². The molecule has 0 bridgehead atoms. The zero-order valence-electron chi connectivity index (χ0n) is 22.9. The summed E-state index contributed by atoms with van der Waals surface area (Å²) >= 11 is 0. The fourth-order valence-electron chi connectivity index (χ4n) is 5.51. The average Bonchev–Trinajstić information content (AvgIpc) is 2.91. The van der Waals surface area contributed by atoms with Crippen molar-refractivity contribution in [2.45, 2.75) is 63.8 Å². The van der Waals surface area contributed by atoms with Crippen molar-refractivity contribution in [1.82, 2.24) is 4.90 Å². The maximum Gasteiger partial charge on any atom is 0.416 e. The first-order valence-corrected chi connectivity index (χ1v) is 13.6. The minimum Gasteiger partial charge on any atom is -0.481 e. The molecule has 0 aliphatic carbocycles. The average molecular weight is 578 g/mol. The Balaban J connectivity index is 1.65. The number of hydrogen-bond donors (Lipinski definition) is 1. The molecule has 3 nitrogen and oxygen atoms in total. The van der Waals surface area contributed by atoms with Crippen LogP contribution in [0.1, 0.15) is 72.8 Å². The molecule has 1 aliphatic heterocycles. The molecule has 9 heteroatoms. The maximum absolute atomic E-state index is 13.2. The predicted molar refractivity (Wildman–Crippen MR) is 145 cm³/mol. The van der Waals surface area contributed by atoms with Gasteiger partial charge in [0.05, 0.1) is 17.0 Å². The molecule has 1 heterocycles. The highest BCUT2D eigenvalue weighted by Gasteiger charge is 2.31. The highest BCUT2D eigenvalue weighted by Crippen LogP contribution is 2.37. The molecule has 4 rings (SSSR count). The molecule has 0 aromatic heterocycles. The molecule has 3 aromatic rings. The Morgan fingerprint density at radius 3 is 2.00 bits per heavy atom. The molecule has 2 atom stereocenters. The summed E-state index contributed by atoms with van der Waals surface area (Å²) in [7, 11) is 0. The van der Waals surface area contributed by atoms with Gasteiger partial charge < -0.3 is 5.11 Å². The molecule has 1 N–H and O–H groups in total. The Hall–Kier alpha value is -3.33. The SMILES string of the molecule is CC(C)CC(C(=O)O)c1cc(-c2ccc(C(F)(F)F)cc2)cc(C2CCCN(Cc3ccc(C(F)(F)F)cc3)C2)c1. The standard InChI is InChI=1S/C32H33F6NO2/c1-20(2)14-29(30(40)41)26-16-24(22-7-11-28(12-8-22)32(36,37)38)15-25(17-26)23-4-3-13-39(19-23)18-21-5-9-27(10-6-21)31(33,34)35/h5-12,15-17,20,23,29H,3-4,13-14,18-19H2,1-2H3,(H,40,41). The first-order valence-electron chi connectivity index (χ1n) is 13.6. The number of nitrogens with zero attached hydrogens (tertiary/aromatic N) is 1. The van der Waals surface area contributed by atoms with E-state index in [-0.39, 0.29) is 11.8 Å². The summed E-state index contributed by atoms with van der Waals surface area (Å²) in [6, 6.07) is 15.6. The van der Waals surface area contributed by atoms with Gasteiger partial charge in [0, 0.05) is 13.1 Å². The molecule has 3 aromatic carbocycles. The van der Waals surface area contributed by atoms with Crippen LogP contribution in [0.2, 0.25) is 0 Å². The van der Waals surface area contributed by atoms with E-state index in [2.05, 4.69) is 4.90 Å². The van der Waals surface area contributed by atoms with E-state index < -0.39 is 35.4 Å². The van der Waals surface area contributed by atoms with E-state index in [0.717, 1.165) is 54.8 Å². The molecule has 0 saturated carbocycles. The van der Waals surface area contributed by atoms with Gasteiger partial charge >= 0.3 is 18.3 Å². The van der Waals surface area contributed by atoms with Crippen molar-refractivity contribution in [2.75, 3.05) is 13.1 Å². The number of hydrogen-bond acceptors (Lipinski definition) is 2. The number of benzene rings is 3. The molecule has 1 aliphatic rings. The molecular formula is C32H33F6NO2. The number of carboxylic acid groups (broad SMARTS) is 1. The van der Waals surface area contributed by atoms with Crippen LogP contribution in [0.5, 0.6) is 0 Å². The van der Waals surface area contributed by atoms with Gasteiger partial charge in [-0.1, -0.05) is 56.3 Å². The highest BCUT2D eigenvalue weighted by molar-refractivity contribution is 5.78. The Bertz CT molecular complexity index is 1330. The first-order chi connectivity index (χ1) is 19.2. The third-order valence-corrected chi connectivity index (χ3v) is 7.60. The first kappa shape index (κ1) is 30.6. The van der Waals surface area contributed by atoms with Crippen molar-refractivity contribution in [3.8, 4) is 11.1 Å². The number of alkyl halides is 6. The normalized spacial score (nSPS) is 17.5. The Morgan fingerprint density at radius 2 is 1.46 bits per heavy atom. The van der Waals surface area contributed by atoms with Gasteiger partial charge in [0.25, 0.3) is 0 Å². The monoisotopic (exact) mass is 577 g/mol. The fraction of sp³-hybridized carbons (Fsp3) is 0.406. The third kappa shape index (κ3) is 7.91. The van der Waals surface area contributed by atoms with Crippen molar-refractivity contribution >= 4 is 5.97 Å². The smallest absolute Gasteiger partial charge is 0.416 e. The summed E-state index contributed by atoms with van der Waals surface area (Å²) in [5, 5.41) is 10.0. The lowest BCUT2D eigenvalue weighted by Crippen LogP contribution is -2.34. The van der Waals surface area contributed by atoms with E-state index in [1.165, 1.54) is 24.3 Å². The van der Waals surface area contributed by atoms with Gasteiger partial charge in [-0.25, -0.2) is 0 Å². The van der Waals surface area contributed by atoms with Gasteiger partial charge in [0.1, 0.15) is 0 Å². The van der Waals surface area contributed by atoms with Crippen molar-refractivity contribution in [2.24, 2.45) is 5.92 Å². The Kier molecular flexibility index (Phi) is 9.16. The third-order valence-electron chi connectivity index (χ3n) is 7.60. The topological polar surface area (TPSA) is 40.5 Å². The summed E-state index contributed by atoms with van der Waals surface area (Å²) < 4.78 is 78.3. The van der Waals surface area contributed by atoms with E-state index in [9.17, 15) is 36.2 Å². The van der Waals surface area contributed by atoms with Crippen LogP contribution in [0, 0.1) is 5.92 Å². The molecule has 2 unspecified atom stereocenters. The van der Waals surface area contributed by atoms with Gasteiger partial charge in [-0.2, -0.15) is 26.3 Å². The number of rotatable bonds is 8.